The molecular weight excluding hydrogens is 583 g/mol. The largest absolute Gasteiger partial charge is 0.381 e. The molecule has 1 aliphatic heterocycles. The van der Waals surface area contributed by atoms with E-state index in [0.717, 1.165) is 37.7 Å². The van der Waals surface area contributed by atoms with Crippen LogP contribution in [0.3, 0.4) is 0 Å². The van der Waals surface area contributed by atoms with Crippen LogP contribution < -0.4 is 15.5 Å². The summed E-state index contributed by atoms with van der Waals surface area (Å²) in [4.78, 5) is 18.0. The molecule has 1 fully saturated rings. The smallest absolute Gasteiger partial charge is 0.258 e. The van der Waals surface area contributed by atoms with Crippen LogP contribution in [0.15, 0.2) is 70.5 Å². The van der Waals surface area contributed by atoms with Gasteiger partial charge < -0.3 is 25.2 Å². The topological polar surface area (TPSA) is 120 Å². The second kappa shape index (κ2) is 13.3. The minimum absolute atomic E-state index is 0.0372. The molecule has 5 rings (SSSR count). The molecule has 234 valence electrons. The summed E-state index contributed by atoms with van der Waals surface area (Å²) < 4.78 is 45.8. The average molecular weight is 623 g/mol. The van der Waals surface area contributed by atoms with Crippen molar-refractivity contribution in [2.45, 2.75) is 48.6 Å². The van der Waals surface area contributed by atoms with Gasteiger partial charge in [-0.3, -0.25) is 9.89 Å². The number of carbonyl (C=O) groups is 1. The third-order valence-electron chi connectivity index (χ3n) is 8.12. The third kappa shape index (κ3) is 7.03. The molecule has 12 heteroatoms. The molecule has 0 saturated carbocycles. The molecule has 3 N–H and O–H groups in total. The summed E-state index contributed by atoms with van der Waals surface area (Å²) >= 11 is 0. The van der Waals surface area contributed by atoms with Gasteiger partial charge in [0.15, 0.2) is 5.82 Å². The molecule has 10 nitrogen and oxygen atoms in total. The maximum Gasteiger partial charge on any atom is 0.258 e. The van der Waals surface area contributed by atoms with E-state index < -0.39 is 15.7 Å². The van der Waals surface area contributed by atoms with Crippen LogP contribution in [-0.4, -0.2) is 81.9 Å². The van der Waals surface area contributed by atoms with Gasteiger partial charge in [-0.1, -0.05) is 6.07 Å². The highest BCUT2D eigenvalue weighted by atomic mass is 32.2. The minimum Gasteiger partial charge on any atom is -0.381 e. The number of carbonyl (C=O) groups excluding carboxylic acids is 1. The van der Waals surface area contributed by atoms with Crippen molar-refractivity contribution < 1.29 is 22.3 Å². The lowest BCUT2D eigenvalue weighted by Crippen LogP contribution is -2.34. The summed E-state index contributed by atoms with van der Waals surface area (Å²) in [5.74, 6) is -0.843. The van der Waals surface area contributed by atoms with Gasteiger partial charge in [0.2, 0.25) is 9.84 Å². The van der Waals surface area contributed by atoms with Crippen LogP contribution in [0.25, 0.3) is 10.9 Å². The lowest BCUT2D eigenvalue weighted by molar-refractivity contribution is 0.0904. The average Bonchev–Trinajstić information content (AvgIpc) is 3.41. The molecule has 0 bridgehead atoms. The molecule has 0 spiro atoms. The Morgan fingerprint density at radius 2 is 1.80 bits per heavy atom. The lowest BCUT2D eigenvalue weighted by atomic mass is 10.1. The van der Waals surface area contributed by atoms with E-state index in [1.807, 2.05) is 19.2 Å². The summed E-state index contributed by atoms with van der Waals surface area (Å²) in [5.41, 5.74) is 2.66. The van der Waals surface area contributed by atoms with E-state index in [1.54, 1.807) is 12.1 Å². The molecule has 0 radical (unpaired) electrons. The van der Waals surface area contributed by atoms with Crippen molar-refractivity contribution in [2.24, 2.45) is 0 Å². The number of likely N-dealkylation sites (N-methyl/N-ethyl adjacent to an activating group) is 2. The molecule has 1 aliphatic rings. The number of anilines is 3. The van der Waals surface area contributed by atoms with Crippen LogP contribution in [0.4, 0.5) is 21.6 Å². The Hall–Kier alpha value is -4.00. The van der Waals surface area contributed by atoms with E-state index in [0.29, 0.717) is 41.4 Å². The van der Waals surface area contributed by atoms with Crippen LogP contribution in [0.2, 0.25) is 0 Å². The molecule has 0 unspecified atom stereocenters. The third-order valence-corrected chi connectivity index (χ3v) is 9.87. The number of H-pyrrole nitrogens is 1. The first-order chi connectivity index (χ1) is 21.0. The molecule has 3 aromatic carbocycles. The zero-order valence-corrected chi connectivity index (χ0v) is 26.2. The quantitative estimate of drug-likeness (QED) is 0.210. The number of hydrogen-bond donors (Lipinski definition) is 3. The molecule has 1 saturated heterocycles. The summed E-state index contributed by atoms with van der Waals surface area (Å²) in [6, 6.07) is 15.6. The second-order valence-corrected chi connectivity index (χ2v) is 13.4. The van der Waals surface area contributed by atoms with E-state index >= 15 is 0 Å². The number of ether oxygens (including phenoxy) is 1. The van der Waals surface area contributed by atoms with Gasteiger partial charge in [-0.15, -0.1) is 0 Å². The molecule has 0 atom stereocenters. The van der Waals surface area contributed by atoms with Gasteiger partial charge in [0.25, 0.3) is 5.91 Å². The first-order valence-corrected chi connectivity index (χ1v) is 16.2. The highest BCUT2D eigenvalue weighted by Gasteiger charge is 2.23. The van der Waals surface area contributed by atoms with Gasteiger partial charge >= 0.3 is 0 Å². The second-order valence-electron chi connectivity index (χ2n) is 11.5. The standard InChI is InChI=1S/C32H39FN6O4S/c1-21(2)38(3)14-15-39(4)24-8-10-27(30(19-24)34-23-12-16-43-17-13-23)32(40)35-31-28-20-26(9-11-29(28)36-37-31)44(41,42)25-7-5-6-22(33)18-25/h5-11,18-21,23,34H,12-17H2,1-4H3,(H2,35,36,37,40). The van der Waals surface area contributed by atoms with E-state index in [2.05, 4.69) is 51.5 Å². The number of nitrogens with one attached hydrogen (secondary N) is 3. The summed E-state index contributed by atoms with van der Waals surface area (Å²) in [7, 11) is 0.133. The molecular formula is C32H39FN6O4S. The van der Waals surface area contributed by atoms with E-state index in [-0.39, 0.29) is 27.6 Å². The molecule has 1 amide bonds. The van der Waals surface area contributed by atoms with Crippen molar-refractivity contribution >= 4 is 43.8 Å². The Balaban J connectivity index is 1.42. The van der Waals surface area contributed by atoms with Crippen LogP contribution in [0.5, 0.6) is 0 Å². The SMILES string of the molecule is CC(C)N(C)CCN(C)c1ccc(C(=O)Nc2n[nH]c3ccc(S(=O)(=O)c4cccc(F)c4)cc23)c(NC2CCOCC2)c1. The Morgan fingerprint density at radius 1 is 1.05 bits per heavy atom. The number of benzene rings is 3. The Morgan fingerprint density at radius 3 is 2.52 bits per heavy atom. The number of amides is 1. The van der Waals surface area contributed by atoms with Gasteiger partial charge in [0, 0.05) is 62.2 Å². The minimum atomic E-state index is -4.00. The normalized spacial score (nSPS) is 14.3. The fourth-order valence-electron chi connectivity index (χ4n) is 5.04. The van der Waals surface area contributed by atoms with E-state index in [9.17, 15) is 17.6 Å². The van der Waals surface area contributed by atoms with Crippen molar-refractivity contribution in [1.29, 1.82) is 0 Å². The Bertz CT molecular complexity index is 1740. The van der Waals surface area contributed by atoms with Crippen molar-refractivity contribution in [2.75, 3.05) is 55.9 Å². The Kier molecular flexibility index (Phi) is 9.52. The van der Waals surface area contributed by atoms with Crippen LogP contribution in [0.1, 0.15) is 37.0 Å². The number of nitrogens with zero attached hydrogens (tertiary/aromatic N) is 3. The van der Waals surface area contributed by atoms with Gasteiger partial charge in [-0.05, 0) is 88.3 Å². The van der Waals surface area contributed by atoms with Gasteiger partial charge in [0.1, 0.15) is 5.82 Å². The highest BCUT2D eigenvalue weighted by molar-refractivity contribution is 7.91. The number of sulfone groups is 1. The monoisotopic (exact) mass is 622 g/mol. The van der Waals surface area contributed by atoms with Crippen molar-refractivity contribution in [1.82, 2.24) is 15.1 Å². The van der Waals surface area contributed by atoms with Gasteiger partial charge in [-0.2, -0.15) is 5.10 Å². The molecule has 44 heavy (non-hydrogen) atoms. The first-order valence-electron chi connectivity index (χ1n) is 14.7. The summed E-state index contributed by atoms with van der Waals surface area (Å²) in [6.45, 7) is 7.34. The van der Waals surface area contributed by atoms with Gasteiger partial charge in [0.05, 0.1) is 20.9 Å². The first kappa shape index (κ1) is 31.4. The predicted octanol–water partition coefficient (Wildman–Crippen LogP) is 5.15. The number of hydrogen-bond acceptors (Lipinski definition) is 8. The molecule has 0 aliphatic carbocycles. The van der Waals surface area contributed by atoms with E-state index in [1.165, 1.54) is 30.3 Å². The van der Waals surface area contributed by atoms with Crippen LogP contribution in [-0.2, 0) is 14.6 Å². The van der Waals surface area contributed by atoms with Crippen molar-refractivity contribution in [3.05, 3.63) is 72.0 Å². The number of aromatic nitrogens is 2. The zero-order chi connectivity index (χ0) is 31.4. The van der Waals surface area contributed by atoms with Crippen molar-refractivity contribution in [3.63, 3.8) is 0 Å². The van der Waals surface area contributed by atoms with Crippen molar-refractivity contribution in [3.8, 4) is 0 Å². The fourth-order valence-corrected chi connectivity index (χ4v) is 6.36. The Labute approximate surface area is 257 Å². The predicted molar refractivity (Wildman–Crippen MR) is 171 cm³/mol. The van der Waals surface area contributed by atoms with Gasteiger partial charge in [-0.25, -0.2) is 12.8 Å². The molecule has 4 aromatic rings. The highest BCUT2D eigenvalue weighted by Crippen LogP contribution is 2.30. The molecule has 1 aromatic heterocycles. The lowest BCUT2D eigenvalue weighted by Gasteiger charge is -2.28. The van der Waals surface area contributed by atoms with Crippen LogP contribution >= 0.6 is 0 Å². The zero-order valence-electron chi connectivity index (χ0n) is 25.4. The van der Waals surface area contributed by atoms with Crippen LogP contribution in [0, 0.1) is 5.82 Å². The van der Waals surface area contributed by atoms with E-state index in [4.69, 9.17) is 4.74 Å². The maximum atomic E-state index is 13.8. The number of aromatic amines is 1. The number of halogens is 1. The number of rotatable bonds is 11. The molecule has 2 heterocycles. The summed E-state index contributed by atoms with van der Waals surface area (Å²) in [6.07, 6.45) is 1.65. The number of fused-ring (bicyclic) bond motifs is 1. The summed E-state index contributed by atoms with van der Waals surface area (Å²) in [5, 5.41) is 13.9. The maximum absolute atomic E-state index is 13.8. The fraction of sp³-hybridized carbons (Fsp3) is 0.375.